The summed E-state index contributed by atoms with van der Waals surface area (Å²) >= 11 is 12.4. The van der Waals surface area contributed by atoms with E-state index in [1.807, 2.05) is 21.9 Å². The van der Waals surface area contributed by atoms with Crippen LogP contribution in [-0.2, 0) is 22.6 Å². The largest absolute Gasteiger partial charge is 0.343 e. The number of hydrogen-bond acceptors (Lipinski definition) is 3. The second kappa shape index (κ2) is 13.6. The molecule has 0 atom stereocenters. The number of halogens is 2. The van der Waals surface area contributed by atoms with Gasteiger partial charge >= 0.3 is 0 Å². The van der Waals surface area contributed by atoms with Gasteiger partial charge in [-0.1, -0.05) is 59.6 Å². The predicted octanol–water partition coefficient (Wildman–Crippen LogP) is 5.93. The molecule has 7 heteroatoms. The lowest BCUT2D eigenvalue weighted by atomic mass is 9.90. The molecule has 0 aromatic heterocycles. The minimum absolute atomic E-state index is 0.0351. The summed E-state index contributed by atoms with van der Waals surface area (Å²) < 4.78 is 0. The standard InChI is InChI=1S/C30H39Cl2N3O2/c1-23(36)34-18-12-27(13-19-34)30(37)35(22-26-8-9-28(31)29(32)21-26)15-5-14-33-16-10-25(11-17-33)20-24-6-3-2-4-7-24/h2-4,6-9,21,25,27H,5,10-20,22H2,1H3. The van der Waals surface area contributed by atoms with Crippen molar-refractivity contribution >= 4 is 35.0 Å². The van der Waals surface area contributed by atoms with Crippen molar-refractivity contribution in [1.29, 1.82) is 0 Å². The molecule has 2 aromatic carbocycles. The summed E-state index contributed by atoms with van der Waals surface area (Å²) in [5.41, 5.74) is 2.43. The SMILES string of the molecule is CC(=O)N1CCC(C(=O)N(CCCN2CCC(Cc3ccccc3)CC2)Cc2ccc(Cl)c(Cl)c2)CC1. The maximum atomic E-state index is 13.6. The quantitative estimate of drug-likeness (QED) is 0.394. The van der Waals surface area contributed by atoms with Crippen LogP contribution in [-0.4, -0.2) is 65.8 Å². The number of piperidine rings is 2. The monoisotopic (exact) mass is 543 g/mol. The number of carbonyl (C=O) groups excluding carboxylic acids is 2. The van der Waals surface area contributed by atoms with Crippen LogP contribution in [0.1, 0.15) is 50.2 Å². The van der Waals surface area contributed by atoms with E-state index in [4.69, 9.17) is 23.2 Å². The van der Waals surface area contributed by atoms with Crippen molar-refractivity contribution in [2.45, 2.75) is 52.0 Å². The van der Waals surface area contributed by atoms with Gasteiger partial charge in [0.15, 0.2) is 0 Å². The Morgan fingerprint density at radius 1 is 0.892 bits per heavy atom. The van der Waals surface area contributed by atoms with Crippen LogP contribution in [0.3, 0.4) is 0 Å². The molecule has 2 aliphatic heterocycles. The van der Waals surface area contributed by atoms with Gasteiger partial charge in [-0.15, -0.1) is 0 Å². The molecule has 4 rings (SSSR count). The molecule has 0 spiro atoms. The Bertz CT molecular complexity index is 1030. The number of rotatable bonds is 9. The second-order valence-electron chi connectivity index (χ2n) is 10.6. The van der Waals surface area contributed by atoms with Gasteiger partial charge in [-0.05, 0) is 87.3 Å². The summed E-state index contributed by atoms with van der Waals surface area (Å²) in [6, 6.07) is 16.4. The molecule has 2 amide bonds. The minimum Gasteiger partial charge on any atom is -0.343 e. The Hall–Kier alpha value is -2.08. The summed E-state index contributed by atoms with van der Waals surface area (Å²) in [6.07, 6.45) is 6.03. The average Bonchev–Trinajstić information content (AvgIpc) is 2.91. The van der Waals surface area contributed by atoms with Crippen LogP contribution in [0.5, 0.6) is 0 Å². The lowest BCUT2D eigenvalue weighted by molar-refractivity contribution is -0.140. The zero-order valence-electron chi connectivity index (χ0n) is 21.9. The number of hydrogen-bond donors (Lipinski definition) is 0. The Morgan fingerprint density at radius 2 is 1.59 bits per heavy atom. The summed E-state index contributed by atoms with van der Waals surface area (Å²) in [5, 5.41) is 1.04. The smallest absolute Gasteiger partial charge is 0.226 e. The van der Waals surface area contributed by atoms with Crippen molar-refractivity contribution in [2.75, 3.05) is 39.3 Å². The Morgan fingerprint density at radius 3 is 2.24 bits per heavy atom. The number of amides is 2. The Labute approximate surface area is 231 Å². The molecule has 200 valence electrons. The summed E-state index contributed by atoms with van der Waals surface area (Å²) in [7, 11) is 0. The second-order valence-corrected chi connectivity index (χ2v) is 11.4. The van der Waals surface area contributed by atoms with Gasteiger partial charge in [-0.25, -0.2) is 0 Å². The first-order valence-electron chi connectivity index (χ1n) is 13.6. The van der Waals surface area contributed by atoms with E-state index >= 15 is 0 Å². The lowest BCUT2D eigenvalue weighted by Crippen LogP contribution is -2.44. The van der Waals surface area contributed by atoms with Gasteiger partial charge in [0.2, 0.25) is 11.8 Å². The van der Waals surface area contributed by atoms with Gasteiger partial charge in [0.1, 0.15) is 0 Å². The molecule has 37 heavy (non-hydrogen) atoms. The van der Waals surface area contributed by atoms with Crippen LogP contribution in [0, 0.1) is 11.8 Å². The van der Waals surface area contributed by atoms with Crippen molar-refractivity contribution in [3.8, 4) is 0 Å². The molecule has 0 N–H and O–H groups in total. The van der Waals surface area contributed by atoms with Gasteiger partial charge in [0, 0.05) is 39.0 Å². The first-order chi connectivity index (χ1) is 17.9. The molecule has 2 fully saturated rings. The Kier molecular flexibility index (Phi) is 10.3. The molecular formula is C30H39Cl2N3O2. The van der Waals surface area contributed by atoms with E-state index in [-0.39, 0.29) is 17.7 Å². The number of likely N-dealkylation sites (tertiary alicyclic amines) is 2. The highest BCUT2D eigenvalue weighted by molar-refractivity contribution is 6.42. The molecule has 2 saturated heterocycles. The van der Waals surface area contributed by atoms with Crippen LogP contribution in [0.4, 0.5) is 0 Å². The zero-order valence-corrected chi connectivity index (χ0v) is 23.4. The van der Waals surface area contributed by atoms with Crippen LogP contribution in [0.2, 0.25) is 10.0 Å². The topological polar surface area (TPSA) is 43.9 Å². The molecule has 0 aliphatic carbocycles. The number of nitrogens with zero attached hydrogens (tertiary/aromatic N) is 3. The fraction of sp³-hybridized carbons (Fsp3) is 0.533. The maximum Gasteiger partial charge on any atom is 0.226 e. The molecule has 5 nitrogen and oxygen atoms in total. The lowest BCUT2D eigenvalue weighted by Gasteiger charge is -2.35. The molecule has 0 bridgehead atoms. The van der Waals surface area contributed by atoms with E-state index in [0.717, 1.165) is 56.9 Å². The summed E-state index contributed by atoms with van der Waals surface area (Å²) in [5.74, 6) is 1.00. The first kappa shape index (κ1) is 27.9. The molecule has 2 aromatic rings. The highest BCUT2D eigenvalue weighted by Gasteiger charge is 2.29. The van der Waals surface area contributed by atoms with E-state index in [1.165, 1.54) is 24.8 Å². The number of benzene rings is 2. The van der Waals surface area contributed by atoms with E-state index < -0.39 is 0 Å². The van der Waals surface area contributed by atoms with Crippen molar-refractivity contribution in [2.24, 2.45) is 11.8 Å². The molecule has 2 heterocycles. The maximum absolute atomic E-state index is 13.6. The van der Waals surface area contributed by atoms with E-state index in [2.05, 4.69) is 35.2 Å². The van der Waals surface area contributed by atoms with Crippen LogP contribution < -0.4 is 0 Å². The van der Waals surface area contributed by atoms with Crippen molar-refractivity contribution in [3.05, 3.63) is 69.7 Å². The fourth-order valence-electron chi connectivity index (χ4n) is 5.67. The van der Waals surface area contributed by atoms with Crippen LogP contribution in [0.15, 0.2) is 48.5 Å². The van der Waals surface area contributed by atoms with Gasteiger partial charge < -0.3 is 14.7 Å². The zero-order chi connectivity index (χ0) is 26.2. The van der Waals surface area contributed by atoms with E-state index in [0.29, 0.717) is 29.7 Å². The normalized spacial score (nSPS) is 17.6. The van der Waals surface area contributed by atoms with E-state index in [9.17, 15) is 9.59 Å². The van der Waals surface area contributed by atoms with Crippen molar-refractivity contribution < 1.29 is 9.59 Å². The first-order valence-corrected chi connectivity index (χ1v) is 14.4. The molecule has 0 saturated carbocycles. The average molecular weight is 545 g/mol. The summed E-state index contributed by atoms with van der Waals surface area (Å²) in [4.78, 5) is 31.7. The van der Waals surface area contributed by atoms with E-state index in [1.54, 1.807) is 13.0 Å². The van der Waals surface area contributed by atoms with Gasteiger partial charge in [-0.3, -0.25) is 9.59 Å². The predicted molar refractivity (Wildman–Crippen MR) is 151 cm³/mol. The van der Waals surface area contributed by atoms with Gasteiger partial charge in [0.25, 0.3) is 0 Å². The van der Waals surface area contributed by atoms with Crippen LogP contribution >= 0.6 is 23.2 Å². The Balaban J connectivity index is 1.29. The van der Waals surface area contributed by atoms with Crippen molar-refractivity contribution in [3.63, 3.8) is 0 Å². The molecular weight excluding hydrogens is 505 g/mol. The van der Waals surface area contributed by atoms with Gasteiger partial charge in [-0.2, -0.15) is 0 Å². The van der Waals surface area contributed by atoms with Gasteiger partial charge in [0.05, 0.1) is 10.0 Å². The molecule has 0 radical (unpaired) electrons. The number of carbonyl (C=O) groups is 2. The fourth-order valence-corrected chi connectivity index (χ4v) is 5.99. The van der Waals surface area contributed by atoms with Crippen LogP contribution in [0.25, 0.3) is 0 Å². The highest BCUT2D eigenvalue weighted by atomic mass is 35.5. The third-order valence-corrected chi connectivity index (χ3v) is 8.67. The molecule has 0 unspecified atom stereocenters. The highest BCUT2D eigenvalue weighted by Crippen LogP contribution is 2.26. The molecule has 2 aliphatic rings. The van der Waals surface area contributed by atoms with Crippen molar-refractivity contribution in [1.82, 2.24) is 14.7 Å². The third kappa shape index (κ3) is 8.20. The minimum atomic E-state index is -0.0351. The summed E-state index contributed by atoms with van der Waals surface area (Å²) in [6.45, 7) is 7.42. The third-order valence-electron chi connectivity index (χ3n) is 7.94.